The minimum atomic E-state index is -0.696. The van der Waals surface area contributed by atoms with Crippen LogP contribution < -0.4 is 0 Å². The quantitative estimate of drug-likeness (QED) is 0.0750. The van der Waals surface area contributed by atoms with Crippen molar-refractivity contribution in [2.24, 2.45) is 0 Å². The third kappa shape index (κ3) is 39.8. The molecule has 0 N–H and O–H groups in total. The van der Waals surface area contributed by atoms with Crippen LogP contribution in [0.2, 0.25) is 0 Å². The normalized spacial score (nSPS) is 9.45. The fourth-order valence-corrected chi connectivity index (χ4v) is 11.7. The SMILES string of the molecule is Cc1[c-]c(-c2ncccc2F)ccc1.Cc1c(-c2ccccn2)[c-]ccc1F.Cc1ccc(F)nc1-c1[c-]cccc1F.Cc1cnc(-c2[c-]c(F)ccc2)c(F)c1.Fc1cc[c-]c(-c2ccccn2)c1.Fc1ccc(F)c(-c2[c-]cccc2)n1.Fc1cccnc1-c1[c-]cccc1.[Ir].[Ir].[Ir].[Ir].[Ir].[Ir].[Ir].[Ir].[Ir].[c-]1ccc(-c2ccccc2)cc1-c1ccccn1.[c-]1ccccc1-c1ccccn1. The molecule has 0 unspecified atom stereocenters. The number of rotatable bonds is 10. The number of hydrogen-bond acceptors (Lipinski definition) is 9. The van der Waals surface area contributed by atoms with Crippen molar-refractivity contribution in [1.29, 1.82) is 0 Å². The molecule has 9 radical (unpaired) electrons. The van der Waals surface area contributed by atoms with Crippen molar-refractivity contribution >= 4 is 0 Å². The van der Waals surface area contributed by atoms with E-state index in [1.165, 1.54) is 84.1 Å². The minimum absolute atomic E-state index is 0. The van der Waals surface area contributed by atoms with E-state index >= 15 is 0 Å². The zero-order chi connectivity index (χ0) is 90.2. The van der Waals surface area contributed by atoms with E-state index in [1.807, 2.05) is 153 Å². The number of benzene rings is 10. The second kappa shape index (κ2) is 66.3. The first kappa shape index (κ1) is 123. The molecule has 137 heavy (non-hydrogen) atoms. The van der Waals surface area contributed by atoms with Gasteiger partial charge in [0, 0.05) is 270 Å². The summed E-state index contributed by atoms with van der Waals surface area (Å²) in [6.07, 6.45) is 11.6. The summed E-state index contributed by atoms with van der Waals surface area (Å²) in [4.78, 5) is 35.8. The van der Waals surface area contributed by atoms with Gasteiger partial charge in [0.25, 0.3) is 0 Å². The fraction of sp³-hybridized carbons (Fsp3) is 0.0367. The van der Waals surface area contributed by atoms with Crippen LogP contribution in [0.25, 0.3) is 112 Å². The van der Waals surface area contributed by atoms with Crippen LogP contribution in [0.3, 0.4) is 0 Å². The topological polar surface area (TPSA) is 116 Å². The Bertz CT molecular complexity index is 6540. The van der Waals surface area contributed by atoms with Gasteiger partial charge >= 0.3 is 0 Å². The van der Waals surface area contributed by atoms with E-state index in [1.54, 1.807) is 143 Å². The molecule has 715 valence electrons. The fourth-order valence-electron chi connectivity index (χ4n) is 11.7. The van der Waals surface area contributed by atoms with Crippen molar-refractivity contribution in [3.05, 3.63) is 512 Å². The Labute approximate surface area is 912 Å². The molecule has 0 saturated heterocycles. The van der Waals surface area contributed by atoms with Crippen LogP contribution in [0.4, 0.5) is 43.9 Å². The van der Waals surface area contributed by atoms with Crippen molar-refractivity contribution in [2.45, 2.75) is 27.7 Å². The van der Waals surface area contributed by atoms with Gasteiger partial charge in [0.2, 0.25) is 11.9 Å². The first-order valence-corrected chi connectivity index (χ1v) is 39.4. The van der Waals surface area contributed by atoms with Crippen molar-refractivity contribution < 1.29 is 225 Å². The van der Waals surface area contributed by atoms with Crippen LogP contribution in [0, 0.1) is 141 Å². The van der Waals surface area contributed by atoms with Gasteiger partial charge in [0.15, 0.2) is 0 Å². The van der Waals surface area contributed by atoms with Crippen molar-refractivity contribution in [3.63, 3.8) is 0 Å². The second-order valence-corrected chi connectivity index (χ2v) is 27.1. The Morgan fingerprint density at radius 3 is 1.17 bits per heavy atom. The molecule has 0 aliphatic rings. The summed E-state index contributed by atoms with van der Waals surface area (Å²) in [5.41, 5.74) is 15.8. The zero-order valence-corrected chi connectivity index (χ0v) is 93.7. The van der Waals surface area contributed by atoms with Gasteiger partial charge in [0.1, 0.15) is 23.3 Å². The molecule has 9 heterocycles. The summed E-state index contributed by atoms with van der Waals surface area (Å²) in [7, 11) is 0. The molecule has 0 aliphatic carbocycles. The number of aryl methyl sites for hydroxylation is 3. The van der Waals surface area contributed by atoms with Gasteiger partial charge in [0.05, 0.1) is 0 Å². The van der Waals surface area contributed by atoms with Gasteiger partial charge in [-0.1, -0.05) is 115 Å². The molecule has 0 bridgehead atoms. The van der Waals surface area contributed by atoms with Gasteiger partial charge < -0.3 is 34.9 Å². The van der Waals surface area contributed by atoms with E-state index in [4.69, 9.17) is 0 Å². The van der Waals surface area contributed by atoms with E-state index in [9.17, 15) is 43.9 Å². The predicted molar refractivity (Wildman–Crippen MR) is 481 cm³/mol. The molecule has 10 aromatic carbocycles. The van der Waals surface area contributed by atoms with Crippen LogP contribution in [-0.4, -0.2) is 44.9 Å². The van der Waals surface area contributed by atoms with E-state index in [-0.39, 0.29) is 221 Å². The molecule has 19 rings (SSSR count). The van der Waals surface area contributed by atoms with Gasteiger partial charge in [-0.25, -0.2) is 30.7 Å². The Hall–Kier alpha value is -10.3. The number of halogens is 10. The first-order chi connectivity index (χ1) is 62.3. The first-order valence-electron chi connectivity index (χ1n) is 39.4. The molecule has 0 saturated carbocycles. The molecule has 28 heteroatoms. The minimum Gasteiger partial charge on any atom is -0.305 e. The average molecular weight is 3430 g/mol. The Kier molecular flexibility index (Phi) is 59.4. The summed E-state index contributed by atoms with van der Waals surface area (Å²) < 4.78 is 131. The van der Waals surface area contributed by atoms with Crippen molar-refractivity contribution in [1.82, 2.24) is 44.9 Å². The zero-order valence-electron chi connectivity index (χ0n) is 72.1. The summed E-state index contributed by atoms with van der Waals surface area (Å²) in [6.45, 7) is 7.15. The monoisotopic (exact) mass is 3440 g/mol. The molecule has 19 aromatic rings. The molecule has 9 aromatic heterocycles. The standard InChI is InChI=1S/C17H12N.2C12H8F2N.2C12H9FN.C11H6F2N.2C11H7FN.C11H8N.9Ir/c1-2-7-14(8-3-1)15-9-6-10-16(13-15)17-11-4-5-12-18-17;1-8-5-11(14)12(15-7-8)9-3-2-4-10(13)6-9;1-8-6-7-11(14)15-12(8)9-4-2-3-5-10(9)13;1-9-4-2-5-10(8-9)12-11(13)6-3-7-14-12;1-9-10(5-4-6-11(9)13)12-7-2-3-8-14-12;12-9-6-7-10(13)14-11(9)8-4-2-1-3-5-8;12-10-5-3-4-9(8-10)11-6-1-2-7-13-11;12-10-7-4-8-13-11(10)9-5-2-1-3-6-9;1-2-6-10(7-3-1)11-8-4-5-9-12-11;;;;;;;;;/h1-9,11-13H;2-5,7H,1H3;2-3,5-7H,1H3;2-7H,1H3;2-4,6-8H,1H3;1-4,6-7H;1-3,5-8H;1-5,7-8H;1-6,8-9H;;;;;;;;;/q9*-1;;;;;;;;;. The Balaban J connectivity index is 0.000000518. The van der Waals surface area contributed by atoms with E-state index < -0.39 is 35.2 Å². The van der Waals surface area contributed by atoms with E-state index in [0.717, 1.165) is 68.3 Å². The van der Waals surface area contributed by atoms with Gasteiger partial charge in [-0.15, -0.1) is 286 Å². The number of pyridine rings is 9. The summed E-state index contributed by atoms with van der Waals surface area (Å²) in [6, 6.07) is 121. The molecule has 0 spiro atoms. The largest absolute Gasteiger partial charge is 0.305 e. The second-order valence-electron chi connectivity index (χ2n) is 27.1. The number of nitrogens with zero attached hydrogens (tertiary/aromatic N) is 9. The van der Waals surface area contributed by atoms with Crippen LogP contribution in [0.1, 0.15) is 22.3 Å². The summed E-state index contributed by atoms with van der Waals surface area (Å²) in [5.74, 6) is -4.40. The van der Waals surface area contributed by atoms with Crippen LogP contribution in [0.15, 0.2) is 377 Å². The van der Waals surface area contributed by atoms with Crippen LogP contribution >= 0.6 is 0 Å². The van der Waals surface area contributed by atoms with Crippen molar-refractivity contribution in [2.75, 3.05) is 0 Å². The Morgan fingerprint density at radius 1 is 0.234 bits per heavy atom. The molecule has 0 atom stereocenters. The number of hydrogen-bond donors (Lipinski definition) is 0. The number of aromatic nitrogens is 9. The Morgan fingerprint density at radius 2 is 0.657 bits per heavy atom. The molecule has 9 nitrogen and oxygen atoms in total. The maximum Gasteiger partial charge on any atom is 0.204 e. The summed E-state index contributed by atoms with van der Waals surface area (Å²) >= 11 is 0. The molecule has 0 amide bonds. The maximum atomic E-state index is 13.5. The predicted octanol–water partition coefficient (Wildman–Crippen LogP) is 27.2. The molecule has 0 fully saturated rings. The maximum absolute atomic E-state index is 13.5. The van der Waals surface area contributed by atoms with Crippen LogP contribution in [-0.2, 0) is 181 Å². The van der Waals surface area contributed by atoms with Gasteiger partial charge in [-0.05, 0) is 126 Å². The smallest absolute Gasteiger partial charge is 0.204 e. The summed E-state index contributed by atoms with van der Waals surface area (Å²) in [5, 5.41) is 0. The molecular weight excluding hydrogens is 3360 g/mol. The average Bonchev–Trinajstić information content (AvgIpc) is 1.04. The van der Waals surface area contributed by atoms with E-state index in [2.05, 4.69) is 124 Å². The molecular formula is C109H74F10Ir9N9-9. The van der Waals surface area contributed by atoms with Gasteiger partial charge in [-0.3, -0.25) is 14.4 Å². The van der Waals surface area contributed by atoms with Crippen molar-refractivity contribution in [3.8, 4) is 112 Å². The molecule has 0 aliphatic heterocycles. The van der Waals surface area contributed by atoms with E-state index in [0.29, 0.717) is 50.5 Å². The third-order valence-corrected chi connectivity index (χ3v) is 17.9. The van der Waals surface area contributed by atoms with Gasteiger partial charge in [-0.2, -0.15) is 8.78 Å². The van der Waals surface area contributed by atoms with Crippen LogP contribution in [0.5, 0.6) is 0 Å². The third-order valence-electron chi connectivity index (χ3n) is 17.9.